The fourth-order valence-corrected chi connectivity index (χ4v) is 2.61. The van der Waals surface area contributed by atoms with Crippen molar-refractivity contribution in [2.75, 3.05) is 0 Å². The summed E-state index contributed by atoms with van der Waals surface area (Å²) in [5.74, 6) is 0. The molecule has 4 aromatic carbocycles. The van der Waals surface area contributed by atoms with E-state index in [2.05, 4.69) is 100 Å². The Kier molecular flexibility index (Phi) is 14.9. The van der Waals surface area contributed by atoms with Gasteiger partial charge in [-0.3, -0.25) is 0 Å². The number of hydrogen-bond donors (Lipinski definition) is 0. The van der Waals surface area contributed by atoms with E-state index in [1.807, 2.05) is 0 Å². The molecule has 0 saturated heterocycles. The van der Waals surface area contributed by atoms with E-state index in [0.717, 1.165) is 6.42 Å². The van der Waals surface area contributed by atoms with Crippen LogP contribution in [0.15, 0.2) is 72.8 Å². The topological polar surface area (TPSA) is 0 Å². The first-order valence-electron chi connectivity index (χ1n) is 7.96. The quantitative estimate of drug-likeness (QED) is 0.339. The molecule has 0 aliphatic heterocycles. The standard InChI is InChI=1S/2C10H9.C3H6.2ClH.Zr/c2*1-8-6-9-4-2-3-5-10(9)7-8;1-3-2;;;/h2*2-7H,1H3;1-3H2;2*1H;/q2*-1;-2;;;+2/p-2. The van der Waals surface area contributed by atoms with Gasteiger partial charge in [0, 0.05) is 0 Å². The van der Waals surface area contributed by atoms with Crippen LogP contribution < -0.4 is 24.8 Å². The Balaban J connectivity index is 0. The average molecular weight is 463 g/mol. The molecule has 4 aromatic rings. The summed E-state index contributed by atoms with van der Waals surface area (Å²) < 4.78 is 0. The van der Waals surface area contributed by atoms with Crippen molar-refractivity contribution in [3.63, 3.8) is 0 Å². The van der Waals surface area contributed by atoms with E-state index in [1.165, 1.54) is 32.7 Å². The van der Waals surface area contributed by atoms with Crippen LogP contribution in [0, 0.1) is 27.7 Å². The molecule has 0 unspecified atom stereocenters. The predicted octanol–water partition coefficient (Wildman–Crippen LogP) is 0.784. The molecule has 0 spiro atoms. The number of rotatable bonds is 0. The van der Waals surface area contributed by atoms with Gasteiger partial charge in [0.2, 0.25) is 0 Å². The Labute approximate surface area is 189 Å². The SMILES string of the molecule is Cc1cc2ccccc2[cH-]1.Cc1cc2ccccc2[cH-]1.[CH2-]C[CH2-].[Cl-].[Cl-].[Zr+2]. The molecule has 0 atom stereocenters. The molecule has 3 heteroatoms. The summed E-state index contributed by atoms with van der Waals surface area (Å²) >= 11 is 0. The first kappa shape index (κ1) is 27.3. The fraction of sp³-hybridized carbons (Fsp3) is 0.130. The minimum Gasteiger partial charge on any atom is -1.00 e. The second-order valence-electron chi connectivity index (χ2n) is 5.68. The Morgan fingerprint density at radius 2 is 1.00 bits per heavy atom. The third-order valence-corrected chi connectivity index (χ3v) is 3.52. The van der Waals surface area contributed by atoms with Crippen molar-refractivity contribution < 1.29 is 51.0 Å². The molecule has 0 aromatic heterocycles. The summed E-state index contributed by atoms with van der Waals surface area (Å²) in [5, 5.41) is 5.39. The fourth-order valence-electron chi connectivity index (χ4n) is 2.61. The first-order valence-corrected chi connectivity index (χ1v) is 7.96. The molecule has 0 saturated carbocycles. The van der Waals surface area contributed by atoms with Crippen molar-refractivity contribution >= 4 is 21.5 Å². The third kappa shape index (κ3) is 8.21. The van der Waals surface area contributed by atoms with E-state index in [1.54, 1.807) is 0 Å². The zero-order valence-electron chi connectivity index (χ0n) is 15.3. The molecule has 138 valence electrons. The van der Waals surface area contributed by atoms with Gasteiger partial charge in [0.1, 0.15) is 0 Å². The van der Waals surface area contributed by atoms with E-state index in [4.69, 9.17) is 0 Å². The molecule has 0 aliphatic carbocycles. The Hall–Kier alpha value is -0.877. The van der Waals surface area contributed by atoms with Crippen molar-refractivity contribution in [3.05, 3.63) is 97.8 Å². The number of hydrogen-bond acceptors (Lipinski definition) is 0. The van der Waals surface area contributed by atoms with Crippen LogP contribution in [0.1, 0.15) is 17.5 Å². The summed E-state index contributed by atoms with van der Waals surface area (Å²) in [6, 6.07) is 25.7. The van der Waals surface area contributed by atoms with Gasteiger partial charge in [-0.05, 0) is 0 Å². The van der Waals surface area contributed by atoms with Gasteiger partial charge in [0.25, 0.3) is 0 Å². The summed E-state index contributed by atoms with van der Waals surface area (Å²) in [6.45, 7) is 11.0. The predicted molar refractivity (Wildman–Crippen MR) is 104 cm³/mol. The molecule has 0 fully saturated rings. The first-order chi connectivity index (χ1) is 11.1. The smallest absolute Gasteiger partial charge is 1.00 e. The number of fused-ring (bicyclic) bond motifs is 2. The van der Waals surface area contributed by atoms with Gasteiger partial charge in [-0.25, -0.2) is 0 Å². The van der Waals surface area contributed by atoms with Crippen molar-refractivity contribution in [1.82, 2.24) is 0 Å². The molecule has 0 heterocycles. The van der Waals surface area contributed by atoms with Gasteiger partial charge < -0.3 is 45.1 Å². The molecule has 0 amide bonds. The van der Waals surface area contributed by atoms with E-state index in [-0.39, 0.29) is 51.0 Å². The van der Waals surface area contributed by atoms with Crippen molar-refractivity contribution in [1.29, 1.82) is 0 Å². The monoisotopic (exact) mass is 460 g/mol. The van der Waals surface area contributed by atoms with E-state index in [9.17, 15) is 0 Å². The zero-order chi connectivity index (χ0) is 16.7. The van der Waals surface area contributed by atoms with Gasteiger partial charge in [0.15, 0.2) is 0 Å². The van der Waals surface area contributed by atoms with Crippen molar-refractivity contribution in [2.45, 2.75) is 20.3 Å². The van der Waals surface area contributed by atoms with Gasteiger partial charge in [-0.1, -0.05) is 26.0 Å². The summed E-state index contributed by atoms with van der Waals surface area (Å²) in [7, 11) is 0. The van der Waals surface area contributed by atoms with Gasteiger partial charge in [-0.15, -0.1) is 81.2 Å². The van der Waals surface area contributed by atoms with Gasteiger partial charge in [0.05, 0.1) is 0 Å². The largest absolute Gasteiger partial charge is 2.00 e. The maximum Gasteiger partial charge on any atom is 2.00 e. The molecular weight excluding hydrogens is 438 g/mol. The molecule has 26 heavy (non-hydrogen) atoms. The van der Waals surface area contributed by atoms with Crippen molar-refractivity contribution in [3.8, 4) is 0 Å². The van der Waals surface area contributed by atoms with Crippen LogP contribution in [0.25, 0.3) is 21.5 Å². The summed E-state index contributed by atoms with van der Waals surface area (Å²) in [6.07, 6.45) is 0.750. The number of halogens is 2. The minimum atomic E-state index is 0. The zero-order valence-corrected chi connectivity index (χ0v) is 19.3. The Bertz CT molecular complexity index is 721. The van der Waals surface area contributed by atoms with E-state index >= 15 is 0 Å². The normalized spacial score (nSPS) is 8.77. The Morgan fingerprint density at radius 1 is 0.692 bits per heavy atom. The second kappa shape index (κ2) is 14.2. The molecule has 0 bridgehead atoms. The van der Waals surface area contributed by atoms with Crippen LogP contribution in [0.3, 0.4) is 0 Å². The third-order valence-electron chi connectivity index (χ3n) is 3.52. The van der Waals surface area contributed by atoms with Crippen LogP contribution in [0.2, 0.25) is 0 Å². The molecule has 0 radical (unpaired) electrons. The van der Waals surface area contributed by atoms with Crippen LogP contribution in [-0.4, -0.2) is 0 Å². The van der Waals surface area contributed by atoms with Crippen LogP contribution in [0.4, 0.5) is 0 Å². The van der Waals surface area contributed by atoms with Gasteiger partial charge in [-0.2, -0.15) is 12.1 Å². The van der Waals surface area contributed by atoms with Crippen LogP contribution in [-0.2, 0) is 26.2 Å². The average Bonchev–Trinajstić information content (AvgIpc) is 3.08. The van der Waals surface area contributed by atoms with Crippen LogP contribution >= 0.6 is 0 Å². The molecule has 0 aliphatic rings. The maximum absolute atomic E-state index is 3.38. The molecule has 4 rings (SSSR count). The van der Waals surface area contributed by atoms with E-state index in [0.29, 0.717) is 0 Å². The van der Waals surface area contributed by atoms with E-state index < -0.39 is 0 Å². The number of benzene rings is 2. The van der Waals surface area contributed by atoms with Crippen molar-refractivity contribution in [2.24, 2.45) is 0 Å². The molecular formula is C23H24Cl2Zr-4. The van der Waals surface area contributed by atoms with Gasteiger partial charge >= 0.3 is 26.2 Å². The second-order valence-corrected chi connectivity index (χ2v) is 5.68. The summed E-state index contributed by atoms with van der Waals surface area (Å²) in [4.78, 5) is 0. The van der Waals surface area contributed by atoms with Crippen LogP contribution in [0.5, 0.6) is 0 Å². The molecule has 0 nitrogen and oxygen atoms in total. The Morgan fingerprint density at radius 3 is 1.31 bits per heavy atom. The minimum absolute atomic E-state index is 0. The summed E-state index contributed by atoms with van der Waals surface area (Å²) in [5.41, 5.74) is 2.70. The number of aryl methyl sites for hydroxylation is 2. The maximum atomic E-state index is 3.38. The molecule has 0 N–H and O–H groups in total.